The van der Waals surface area contributed by atoms with Crippen LogP contribution in [0.4, 0.5) is 10.1 Å². The molecule has 0 atom stereocenters. The number of nitrogens with one attached hydrogen (secondary N) is 1. The molecule has 1 aromatic carbocycles. The zero-order valence-electron chi connectivity index (χ0n) is 9.73. The van der Waals surface area contributed by atoms with Gasteiger partial charge in [0.1, 0.15) is 11.5 Å². The second-order valence-corrected chi connectivity index (χ2v) is 4.21. The maximum atomic E-state index is 13.2. The number of pyridine rings is 1. The molecular formula is C13H10ClFN2O2. The second-order valence-electron chi connectivity index (χ2n) is 3.80. The molecule has 0 spiro atoms. The lowest BCUT2D eigenvalue weighted by molar-refractivity contribution is 0.0690. The third kappa shape index (κ3) is 3.42. The first-order valence-electron chi connectivity index (χ1n) is 5.44. The van der Waals surface area contributed by atoms with Crippen molar-refractivity contribution in [1.82, 2.24) is 4.98 Å². The zero-order valence-corrected chi connectivity index (χ0v) is 10.5. The lowest BCUT2D eigenvalue weighted by Crippen LogP contribution is -2.06. The van der Waals surface area contributed by atoms with E-state index < -0.39 is 11.8 Å². The molecule has 0 aliphatic rings. The summed E-state index contributed by atoms with van der Waals surface area (Å²) < 4.78 is 13.2. The average molecular weight is 281 g/mol. The van der Waals surface area contributed by atoms with Crippen molar-refractivity contribution in [1.29, 1.82) is 0 Å². The quantitative estimate of drug-likeness (QED) is 0.903. The molecule has 0 unspecified atom stereocenters. The molecule has 98 valence electrons. The molecule has 0 radical (unpaired) electrons. The molecule has 2 rings (SSSR count). The smallest absolute Gasteiger partial charge is 0.354 e. The number of carboxylic acid groups (broad SMARTS) is 1. The van der Waals surface area contributed by atoms with E-state index in [4.69, 9.17) is 16.7 Å². The normalized spacial score (nSPS) is 10.2. The lowest BCUT2D eigenvalue weighted by atomic mass is 10.2. The molecule has 2 aromatic rings. The van der Waals surface area contributed by atoms with Crippen LogP contribution in [0.15, 0.2) is 36.4 Å². The van der Waals surface area contributed by atoms with Crippen LogP contribution in [0, 0.1) is 5.82 Å². The van der Waals surface area contributed by atoms with Gasteiger partial charge in [0.05, 0.1) is 17.3 Å². The van der Waals surface area contributed by atoms with Gasteiger partial charge in [-0.15, -0.1) is 0 Å². The number of benzene rings is 1. The Morgan fingerprint density at radius 3 is 2.84 bits per heavy atom. The van der Waals surface area contributed by atoms with E-state index in [2.05, 4.69) is 10.3 Å². The highest BCUT2D eigenvalue weighted by atomic mass is 35.5. The Hall–Kier alpha value is -2.14. The van der Waals surface area contributed by atoms with Crippen LogP contribution in [-0.2, 0) is 6.54 Å². The predicted octanol–water partition coefficient (Wildman–Crippen LogP) is 3.18. The molecule has 0 amide bonds. The molecule has 0 saturated carbocycles. The largest absolute Gasteiger partial charge is 0.477 e. The maximum absolute atomic E-state index is 13.2. The van der Waals surface area contributed by atoms with Crippen LogP contribution in [0.1, 0.15) is 16.2 Å². The number of aromatic nitrogens is 1. The molecule has 1 aromatic heterocycles. The lowest BCUT2D eigenvalue weighted by Gasteiger charge is -2.07. The number of hydrogen-bond donors (Lipinski definition) is 2. The van der Waals surface area contributed by atoms with Crippen molar-refractivity contribution in [2.75, 3.05) is 5.32 Å². The van der Waals surface area contributed by atoms with Gasteiger partial charge in [-0.3, -0.25) is 0 Å². The fourth-order valence-electron chi connectivity index (χ4n) is 1.50. The Morgan fingerprint density at radius 1 is 1.37 bits per heavy atom. The molecule has 2 N–H and O–H groups in total. The highest BCUT2D eigenvalue weighted by molar-refractivity contribution is 6.30. The molecule has 0 aliphatic carbocycles. The SMILES string of the molecule is O=C(O)c1cccc(CNc2ccc(Cl)c(F)c2)n1. The van der Waals surface area contributed by atoms with Gasteiger partial charge in [0.2, 0.25) is 0 Å². The Bertz CT molecular complexity index is 619. The van der Waals surface area contributed by atoms with Gasteiger partial charge < -0.3 is 10.4 Å². The Morgan fingerprint density at radius 2 is 2.16 bits per heavy atom. The summed E-state index contributed by atoms with van der Waals surface area (Å²) in [6.45, 7) is 0.294. The van der Waals surface area contributed by atoms with E-state index in [0.717, 1.165) is 0 Å². The molecule has 0 saturated heterocycles. The number of aromatic carboxylic acids is 1. The first-order valence-corrected chi connectivity index (χ1v) is 5.82. The number of rotatable bonds is 4. The monoisotopic (exact) mass is 280 g/mol. The molecule has 0 bridgehead atoms. The van der Waals surface area contributed by atoms with Crippen molar-refractivity contribution in [2.45, 2.75) is 6.54 Å². The van der Waals surface area contributed by atoms with Crippen molar-refractivity contribution in [3.63, 3.8) is 0 Å². The summed E-state index contributed by atoms with van der Waals surface area (Å²) in [5.74, 6) is -1.60. The van der Waals surface area contributed by atoms with Gasteiger partial charge in [-0.1, -0.05) is 17.7 Å². The van der Waals surface area contributed by atoms with Crippen LogP contribution in [0.3, 0.4) is 0 Å². The first-order chi connectivity index (χ1) is 9.06. The third-order valence-corrected chi connectivity index (χ3v) is 2.73. The topological polar surface area (TPSA) is 62.2 Å². The van der Waals surface area contributed by atoms with Crippen molar-refractivity contribution >= 4 is 23.3 Å². The van der Waals surface area contributed by atoms with E-state index >= 15 is 0 Å². The maximum Gasteiger partial charge on any atom is 0.354 e. The summed E-state index contributed by atoms with van der Waals surface area (Å²) in [5.41, 5.74) is 1.07. The van der Waals surface area contributed by atoms with Crippen LogP contribution < -0.4 is 5.32 Å². The number of nitrogens with zero attached hydrogens (tertiary/aromatic N) is 1. The predicted molar refractivity (Wildman–Crippen MR) is 69.9 cm³/mol. The fraction of sp³-hybridized carbons (Fsp3) is 0.0769. The van der Waals surface area contributed by atoms with Crippen LogP contribution >= 0.6 is 11.6 Å². The minimum Gasteiger partial charge on any atom is -0.477 e. The van der Waals surface area contributed by atoms with Crippen molar-refractivity contribution in [3.05, 3.63) is 58.6 Å². The summed E-state index contributed by atoms with van der Waals surface area (Å²) in [7, 11) is 0. The average Bonchev–Trinajstić information content (AvgIpc) is 2.40. The summed E-state index contributed by atoms with van der Waals surface area (Å²) in [4.78, 5) is 14.7. The standard InChI is InChI=1S/C13H10ClFN2O2/c14-10-5-4-8(6-11(10)15)16-7-9-2-1-3-12(17-9)13(18)19/h1-6,16H,7H2,(H,18,19). The van der Waals surface area contributed by atoms with Crippen LogP contribution in [0.2, 0.25) is 5.02 Å². The highest BCUT2D eigenvalue weighted by Gasteiger charge is 2.05. The zero-order chi connectivity index (χ0) is 13.8. The Kier molecular flexibility index (Phi) is 3.97. The summed E-state index contributed by atoms with van der Waals surface area (Å²) in [6.07, 6.45) is 0. The fourth-order valence-corrected chi connectivity index (χ4v) is 1.61. The molecule has 0 aliphatic heterocycles. The molecular weight excluding hydrogens is 271 g/mol. The van der Waals surface area contributed by atoms with Gasteiger partial charge in [-0.25, -0.2) is 14.2 Å². The molecule has 4 nitrogen and oxygen atoms in total. The van der Waals surface area contributed by atoms with Crippen molar-refractivity contribution in [3.8, 4) is 0 Å². The second kappa shape index (κ2) is 5.67. The number of halogens is 2. The van der Waals surface area contributed by atoms with Gasteiger partial charge >= 0.3 is 5.97 Å². The summed E-state index contributed by atoms with van der Waals surface area (Å²) >= 11 is 5.57. The van der Waals surface area contributed by atoms with Crippen LogP contribution in [0.5, 0.6) is 0 Å². The Balaban J connectivity index is 2.07. The highest BCUT2D eigenvalue weighted by Crippen LogP contribution is 2.19. The number of carboxylic acids is 1. The van der Waals surface area contributed by atoms with E-state index in [9.17, 15) is 9.18 Å². The van der Waals surface area contributed by atoms with Gasteiger partial charge in [0, 0.05) is 5.69 Å². The minimum absolute atomic E-state index is 0.0263. The number of carbonyl (C=O) groups is 1. The van der Waals surface area contributed by atoms with Gasteiger partial charge in [0.15, 0.2) is 0 Å². The first kappa shape index (κ1) is 13.3. The molecule has 6 heteroatoms. The van der Waals surface area contributed by atoms with Gasteiger partial charge in [-0.2, -0.15) is 0 Å². The van der Waals surface area contributed by atoms with E-state index in [-0.39, 0.29) is 10.7 Å². The number of anilines is 1. The number of hydrogen-bond acceptors (Lipinski definition) is 3. The van der Waals surface area contributed by atoms with E-state index in [1.165, 1.54) is 18.2 Å². The summed E-state index contributed by atoms with van der Waals surface area (Å²) in [6, 6.07) is 9.05. The third-order valence-electron chi connectivity index (χ3n) is 2.42. The van der Waals surface area contributed by atoms with Gasteiger partial charge in [0.25, 0.3) is 0 Å². The van der Waals surface area contributed by atoms with E-state index in [0.29, 0.717) is 17.9 Å². The molecule has 19 heavy (non-hydrogen) atoms. The van der Waals surface area contributed by atoms with E-state index in [1.807, 2.05) is 0 Å². The minimum atomic E-state index is -1.08. The Labute approximate surface area is 113 Å². The van der Waals surface area contributed by atoms with Crippen LogP contribution in [0.25, 0.3) is 0 Å². The van der Waals surface area contributed by atoms with Crippen LogP contribution in [-0.4, -0.2) is 16.1 Å². The summed E-state index contributed by atoms with van der Waals surface area (Å²) in [5, 5.41) is 11.8. The van der Waals surface area contributed by atoms with E-state index in [1.54, 1.807) is 18.2 Å². The molecule has 0 fully saturated rings. The molecule has 1 heterocycles. The van der Waals surface area contributed by atoms with Crippen molar-refractivity contribution in [2.24, 2.45) is 0 Å². The van der Waals surface area contributed by atoms with Gasteiger partial charge in [-0.05, 0) is 30.3 Å². The van der Waals surface area contributed by atoms with Crippen molar-refractivity contribution < 1.29 is 14.3 Å².